The molecule has 0 aliphatic rings. The van der Waals surface area contributed by atoms with E-state index < -0.39 is 10.0 Å². The molecular formula is C12H16N2O4S. The molecule has 2 N–H and O–H groups in total. The standard InChI is InChI=1S/C9H10N2O2S.C3H6O2/c1-14(12,13)11-8-3-2-7-4-5-10-9(7)6-8;1-2-5-3-4/h2-6,10-11H,1H3;3H,2H2,1H3. The summed E-state index contributed by atoms with van der Waals surface area (Å²) in [6.45, 7) is 2.66. The first kappa shape index (κ1) is 15.0. The van der Waals surface area contributed by atoms with Crippen LogP contribution in [0, 0.1) is 0 Å². The number of H-pyrrole nitrogens is 1. The number of hydrogen-bond donors (Lipinski definition) is 2. The molecule has 1 heterocycles. The lowest BCUT2D eigenvalue weighted by molar-refractivity contribution is -0.128. The third-order valence-electron chi connectivity index (χ3n) is 2.09. The lowest BCUT2D eigenvalue weighted by atomic mass is 10.2. The Morgan fingerprint density at radius 2 is 2.11 bits per heavy atom. The Bertz CT molecular complexity index is 634. The summed E-state index contributed by atoms with van der Waals surface area (Å²) in [5, 5.41) is 1.06. The molecule has 0 radical (unpaired) electrons. The SMILES string of the molecule is CCOC=O.CS(=O)(=O)Nc1ccc2cc[nH]c2c1. The van der Waals surface area contributed by atoms with Crippen molar-refractivity contribution in [2.45, 2.75) is 6.92 Å². The van der Waals surface area contributed by atoms with Crippen LogP contribution in [0.25, 0.3) is 10.9 Å². The molecule has 104 valence electrons. The van der Waals surface area contributed by atoms with Crippen molar-refractivity contribution < 1.29 is 17.9 Å². The molecule has 0 atom stereocenters. The summed E-state index contributed by atoms with van der Waals surface area (Å²) in [6, 6.07) is 7.28. The lowest BCUT2D eigenvalue weighted by Gasteiger charge is -2.02. The Labute approximate surface area is 111 Å². The minimum Gasteiger partial charge on any atom is -0.468 e. The molecule has 2 rings (SSSR count). The van der Waals surface area contributed by atoms with E-state index >= 15 is 0 Å². The Hall–Kier alpha value is -2.02. The molecule has 0 bridgehead atoms. The largest absolute Gasteiger partial charge is 0.468 e. The molecule has 1 aromatic heterocycles. The molecular weight excluding hydrogens is 268 g/mol. The summed E-state index contributed by atoms with van der Waals surface area (Å²) in [5.41, 5.74) is 1.49. The van der Waals surface area contributed by atoms with Gasteiger partial charge in [0, 0.05) is 11.7 Å². The monoisotopic (exact) mass is 284 g/mol. The third-order valence-corrected chi connectivity index (χ3v) is 2.70. The highest BCUT2D eigenvalue weighted by Gasteiger charge is 2.02. The van der Waals surface area contributed by atoms with E-state index in [1.807, 2.05) is 18.3 Å². The Morgan fingerprint density at radius 3 is 2.63 bits per heavy atom. The van der Waals surface area contributed by atoms with Crippen LogP contribution in [-0.2, 0) is 19.6 Å². The molecule has 0 saturated heterocycles. The smallest absolute Gasteiger partial charge is 0.293 e. The van der Waals surface area contributed by atoms with E-state index in [0.29, 0.717) is 18.8 Å². The zero-order valence-electron chi connectivity index (χ0n) is 10.7. The van der Waals surface area contributed by atoms with Crippen LogP contribution >= 0.6 is 0 Å². The van der Waals surface area contributed by atoms with Gasteiger partial charge in [-0.15, -0.1) is 0 Å². The van der Waals surface area contributed by atoms with Gasteiger partial charge in [-0.25, -0.2) is 8.42 Å². The van der Waals surface area contributed by atoms with E-state index in [0.717, 1.165) is 17.2 Å². The molecule has 0 aliphatic carbocycles. The summed E-state index contributed by atoms with van der Waals surface area (Å²) < 4.78 is 28.5. The number of rotatable bonds is 4. The van der Waals surface area contributed by atoms with Crippen LogP contribution in [-0.4, -0.2) is 32.7 Å². The van der Waals surface area contributed by atoms with E-state index in [-0.39, 0.29) is 0 Å². The second kappa shape index (κ2) is 6.79. The van der Waals surface area contributed by atoms with Crippen molar-refractivity contribution in [2.75, 3.05) is 17.6 Å². The highest BCUT2D eigenvalue weighted by atomic mass is 32.2. The maximum absolute atomic E-state index is 11.0. The highest BCUT2D eigenvalue weighted by Crippen LogP contribution is 2.17. The molecule has 0 spiro atoms. The minimum atomic E-state index is -3.19. The van der Waals surface area contributed by atoms with Gasteiger partial charge in [-0.3, -0.25) is 9.52 Å². The van der Waals surface area contributed by atoms with Crippen molar-refractivity contribution in [3.8, 4) is 0 Å². The number of ether oxygens (including phenoxy) is 1. The van der Waals surface area contributed by atoms with Crippen LogP contribution < -0.4 is 4.72 Å². The van der Waals surface area contributed by atoms with Crippen molar-refractivity contribution in [2.24, 2.45) is 0 Å². The van der Waals surface area contributed by atoms with Crippen LogP contribution in [0.2, 0.25) is 0 Å². The average molecular weight is 284 g/mol. The van der Waals surface area contributed by atoms with Gasteiger partial charge in [0.05, 0.1) is 18.6 Å². The second-order valence-corrected chi connectivity index (χ2v) is 5.45. The number of aromatic nitrogens is 1. The summed E-state index contributed by atoms with van der Waals surface area (Å²) in [7, 11) is -3.19. The van der Waals surface area contributed by atoms with Gasteiger partial charge in [0.1, 0.15) is 0 Å². The van der Waals surface area contributed by atoms with Gasteiger partial charge < -0.3 is 9.72 Å². The number of aromatic amines is 1. The molecule has 1 aromatic carbocycles. The molecule has 0 saturated carbocycles. The van der Waals surface area contributed by atoms with Gasteiger partial charge in [-0.1, -0.05) is 6.07 Å². The maximum atomic E-state index is 11.0. The number of carbonyl (C=O) groups is 1. The summed E-state index contributed by atoms with van der Waals surface area (Å²) >= 11 is 0. The molecule has 0 aliphatic heterocycles. The van der Waals surface area contributed by atoms with Gasteiger partial charge in [-0.05, 0) is 30.5 Å². The maximum Gasteiger partial charge on any atom is 0.293 e. The fourth-order valence-electron chi connectivity index (χ4n) is 1.39. The molecule has 6 nitrogen and oxygen atoms in total. The van der Waals surface area contributed by atoms with Crippen LogP contribution in [0.4, 0.5) is 5.69 Å². The van der Waals surface area contributed by atoms with Crippen molar-refractivity contribution in [1.82, 2.24) is 4.98 Å². The fraction of sp³-hybridized carbons (Fsp3) is 0.250. The predicted octanol–water partition coefficient (Wildman–Crippen LogP) is 1.72. The molecule has 0 amide bonds. The average Bonchev–Trinajstić information content (AvgIpc) is 2.76. The summed E-state index contributed by atoms with van der Waals surface area (Å²) in [5.74, 6) is 0. The number of benzene rings is 1. The second-order valence-electron chi connectivity index (χ2n) is 3.71. The Morgan fingerprint density at radius 1 is 1.37 bits per heavy atom. The van der Waals surface area contributed by atoms with Gasteiger partial charge in [-0.2, -0.15) is 0 Å². The zero-order valence-corrected chi connectivity index (χ0v) is 11.5. The minimum absolute atomic E-state index is 0.431. The molecule has 2 aromatic rings. The van der Waals surface area contributed by atoms with E-state index in [9.17, 15) is 13.2 Å². The van der Waals surface area contributed by atoms with Crippen molar-refractivity contribution in [3.63, 3.8) is 0 Å². The quantitative estimate of drug-likeness (QED) is 0.837. The van der Waals surface area contributed by atoms with E-state index in [2.05, 4.69) is 14.4 Å². The fourth-order valence-corrected chi connectivity index (χ4v) is 1.95. The molecule has 7 heteroatoms. The number of carbonyl (C=O) groups excluding carboxylic acids is 1. The number of anilines is 1. The van der Waals surface area contributed by atoms with Gasteiger partial charge in [0.15, 0.2) is 0 Å². The highest BCUT2D eigenvalue weighted by molar-refractivity contribution is 7.92. The van der Waals surface area contributed by atoms with E-state index in [1.165, 1.54) is 0 Å². The third kappa shape index (κ3) is 5.43. The topological polar surface area (TPSA) is 88.3 Å². The zero-order chi connectivity index (χ0) is 14.3. The Balaban J connectivity index is 0.000000312. The summed E-state index contributed by atoms with van der Waals surface area (Å²) in [4.78, 5) is 12.2. The lowest BCUT2D eigenvalue weighted by Crippen LogP contribution is -2.09. The number of sulfonamides is 1. The number of nitrogens with one attached hydrogen (secondary N) is 2. The number of fused-ring (bicyclic) bond motifs is 1. The predicted molar refractivity (Wildman–Crippen MR) is 74.5 cm³/mol. The first-order chi connectivity index (χ1) is 8.96. The molecule has 19 heavy (non-hydrogen) atoms. The first-order valence-corrected chi connectivity index (χ1v) is 7.45. The van der Waals surface area contributed by atoms with Crippen molar-refractivity contribution >= 4 is 33.1 Å². The van der Waals surface area contributed by atoms with Gasteiger partial charge in [0.2, 0.25) is 10.0 Å². The van der Waals surface area contributed by atoms with E-state index in [4.69, 9.17) is 0 Å². The van der Waals surface area contributed by atoms with Crippen LogP contribution in [0.1, 0.15) is 6.92 Å². The van der Waals surface area contributed by atoms with Crippen LogP contribution in [0.3, 0.4) is 0 Å². The summed E-state index contributed by atoms with van der Waals surface area (Å²) in [6.07, 6.45) is 2.95. The molecule has 0 unspecified atom stereocenters. The number of hydrogen-bond acceptors (Lipinski definition) is 4. The van der Waals surface area contributed by atoms with Crippen molar-refractivity contribution in [3.05, 3.63) is 30.5 Å². The van der Waals surface area contributed by atoms with Gasteiger partial charge >= 0.3 is 0 Å². The van der Waals surface area contributed by atoms with Crippen LogP contribution in [0.5, 0.6) is 0 Å². The van der Waals surface area contributed by atoms with E-state index in [1.54, 1.807) is 19.1 Å². The normalized spacial score (nSPS) is 10.4. The van der Waals surface area contributed by atoms with Crippen LogP contribution in [0.15, 0.2) is 30.5 Å². The molecule has 0 fully saturated rings. The Kier molecular flexibility index (Phi) is 5.37. The first-order valence-electron chi connectivity index (χ1n) is 5.56. The van der Waals surface area contributed by atoms with Crippen molar-refractivity contribution in [1.29, 1.82) is 0 Å². The van der Waals surface area contributed by atoms with Gasteiger partial charge in [0.25, 0.3) is 6.47 Å².